The summed E-state index contributed by atoms with van der Waals surface area (Å²) < 4.78 is 47.4. The molecule has 0 bridgehead atoms. The number of carbonyl (C=O) groups excluding carboxylic acids is 12. The summed E-state index contributed by atoms with van der Waals surface area (Å²) in [6, 6.07) is -8.13. The van der Waals surface area contributed by atoms with Gasteiger partial charge in [-0.1, -0.05) is 84.4 Å². The van der Waals surface area contributed by atoms with Gasteiger partial charge in [0.1, 0.15) is 59.9 Å². The van der Waals surface area contributed by atoms with Gasteiger partial charge in [-0.25, -0.2) is 0 Å². The van der Waals surface area contributed by atoms with Crippen molar-refractivity contribution in [2.24, 2.45) is 17.8 Å². The molecule has 10 atom stereocenters. The Labute approximate surface area is 585 Å². The number of nitrogens with zero attached hydrogens (tertiary/aromatic N) is 9. The molecule has 552 valence electrons. The van der Waals surface area contributed by atoms with Crippen LogP contribution in [0.25, 0.3) is 0 Å². The first-order valence-corrected chi connectivity index (χ1v) is 35.9. The highest BCUT2D eigenvalue weighted by atomic mass is 35.5. The minimum Gasteiger partial charge on any atom is -0.379 e. The number of amides is 12. The monoisotopic (exact) mass is 1410 g/mol. The van der Waals surface area contributed by atoms with Gasteiger partial charge in [-0.3, -0.25) is 57.5 Å². The first-order chi connectivity index (χ1) is 46.7. The number of carbonyl (C=O) groups is 12. The standard InChI is InChI=1S/C70H106ClF3N12O13/c1-13-36-99-41-54-63(93)78(7)40-55(87)75-49(28-26-45-25-27-47(48(71)38-45)70(72,73)74)62(92)85-34-21-24-50(85)60(90)77-69(30-17-18-31-69)68(98)83(12)58(46-22-15-16-23-46)67(97)81(10)53(65(95)84-32-19-20-33-84)39-56(88)80(9)52(37-42(3)4)59(89)76-57(43(5)14-2)66(96)79(8)44(6)61(91)86-35-29-51(86)64(94)82(54)11/h25,27,38,42-44,46,49-54,57-58H,13-24,26,28-37,39-41H2,1-12H3,(H,75,87)(H,76,89)(H,77,90)/t43-,44-,49-,50-,51-,52-,53-,54-,57-,58-/m0/s1. The Kier molecular flexibility index (Phi) is 27.6. The lowest BCUT2D eigenvalue weighted by Gasteiger charge is -2.45. The number of aryl methyl sites for hydroxylation is 1. The molecule has 25 nitrogen and oxygen atoms in total. The first kappa shape index (κ1) is 79.2. The summed E-state index contributed by atoms with van der Waals surface area (Å²) in [5.74, 6) is -8.97. The Morgan fingerprint density at radius 2 is 1.32 bits per heavy atom. The number of hydrogen-bond donors (Lipinski definition) is 3. The van der Waals surface area contributed by atoms with Crippen LogP contribution in [0.15, 0.2) is 18.2 Å². The SMILES string of the molecule is CCCOC[C@H]1C(=O)N(C)CC(=O)N[C@@H](CCc2ccc(C(F)(F)F)c(Cl)c2)C(=O)N2CCC[C@H]2C(=O)NC2(CCCC2)C(=O)N(C)[C@@H](C2CCCC2)C(=O)N(C)[C@H](C(=O)N2CCCC2)CC(=O)N(C)[C@@H](CC(C)C)C(=O)N[C@@H]([C@@H](C)CC)C(=O)N(C)[C@@H](C)C(=O)N2CC[C@H]2C(=O)N1C. The maximum absolute atomic E-state index is 15.7. The molecule has 6 fully saturated rings. The predicted molar refractivity (Wildman–Crippen MR) is 361 cm³/mol. The van der Waals surface area contributed by atoms with Crippen molar-refractivity contribution < 1.29 is 75.4 Å². The minimum absolute atomic E-state index is 0.0245. The molecule has 4 saturated heterocycles. The number of hydrogen-bond acceptors (Lipinski definition) is 13. The normalized spacial score (nSPS) is 27.7. The van der Waals surface area contributed by atoms with Crippen molar-refractivity contribution in [1.82, 2.24) is 60.0 Å². The van der Waals surface area contributed by atoms with Gasteiger partial charge in [-0.15, -0.1) is 0 Å². The van der Waals surface area contributed by atoms with E-state index in [4.69, 9.17) is 16.3 Å². The van der Waals surface area contributed by atoms with E-state index >= 15 is 24.0 Å². The van der Waals surface area contributed by atoms with Crippen LogP contribution in [0, 0.1) is 17.8 Å². The smallest absolute Gasteiger partial charge is 0.379 e. The number of halogens is 4. The molecule has 2 aliphatic carbocycles. The fourth-order valence-electron chi connectivity index (χ4n) is 14.9. The Morgan fingerprint density at radius 3 is 1.91 bits per heavy atom. The molecule has 0 aromatic heterocycles. The molecule has 6 aliphatic rings. The number of benzene rings is 1. The summed E-state index contributed by atoms with van der Waals surface area (Å²) in [6.45, 7) is 10.7. The first-order valence-electron chi connectivity index (χ1n) is 35.5. The van der Waals surface area contributed by atoms with Crippen LogP contribution in [0.1, 0.15) is 168 Å². The molecule has 4 aliphatic heterocycles. The molecule has 1 aromatic rings. The molecule has 99 heavy (non-hydrogen) atoms. The molecule has 1 aromatic carbocycles. The average molecular weight is 1420 g/mol. The van der Waals surface area contributed by atoms with E-state index in [2.05, 4.69) is 16.0 Å². The molecule has 0 unspecified atom stereocenters. The molecule has 4 heterocycles. The highest BCUT2D eigenvalue weighted by Gasteiger charge is 2.52. The molecular formula is C70H106ClF3N12O13. The highest BCUT2D eigenvalue weighted by molar-refractivity contribution is 6.31. The van der Waals surface area contributed by atoms with E-state index < -0.39 is 172 Å². The molecule has 12 amide bonds. The van der Waals surface area contributed by atoms with Crippen molar-refractivity contribution in [3.8, 4) is 0 Å². The summed E-state index contributed by atoms with van der Waals surface area (Å²) in [4.78, 5) is 191. The van der Waals surface area contributed by atoms with Gasteiger partial charge in [0.15, 0.2) is 0 Å². The lowest BCUT2D eigenvalue weighted by atomic mass is 9.90. The van der Waals surface area contributed by atoms with E-state index in [0.717, 1.165) is 34.8 Å². The Morgan fingerprint density at radius 1 is 0.677 bits per heavy atom. The predicted octanol–water partition coefficient (Wildman–Crippen LogP) is 4.63. The zero-order valence-electron chi connectivity index (χ0n) is 59.9. The van der Waals surface area contributed by atoms with Gasteiger partial charge in [0, 0.05) is 75.1 Å². The zero-order chi connectivity index (χ0) is 73.1. The number of likely N-dealkylation sites (N-methyl/N-ethyl adjacent to an activating group) is 6. The number of nitrogens with one attached hydrogen (secondary N) is 3. The van der Waals surface area contributed by atoms with E-state index in [0.29, 0.717) is 70.9 Å². The van der Waals surface area contributed by atoms with Crippen LogP contribution in [0.2, 0.25) is 5.02 Å². The molecule has 3 N–H and O–H groups in total. The summed E-state index contributed by atoms with van der Waals surface area (Å²) >= 11 is 6.14. The third kappa shape index (κ3) is 18.5. The maximum Gasteiger partial charge on any atom is 0.417 e. The topological polar surface area (TPSA) is 279 Å². The Balaban J connectivity index is 1.29. The van der Waals surface area contributed by atoms with Crippen molar-refractivity contribution in [3.63, 3.8) is 0 Å². The van der Waals surface area contributed by atoms with Gasteiger partial charge < -0.3 is 64.8 Å². The number of alkyl halides is 3. The van der Waals surface area contributed by atoms with Gasteiger partial charge in [-0.05, 0) is 126 Å². The van der Waals surface area contributed by atoms with E-state index in [9.17, 15) is 46.7 Å². The lowest BCUT2D eigenvalue weighted by Crippen LogP contribution is -2.65. The van der Waals surface area contributed by atoms with Crippen molar-refractivity contribution in [3.05, 3.63) is 34.3 Å². The summed E-state index contributed by atoms with van der Waals surface area (Å²) in [6.07, 6.45) is 1.37. The van der Waals surface area contributed by atoms with Crippen LogP contribution in [0.5, 0.6) is 0 Å². The second kappa shape index (κ2) is 34.5. The molecule has 2 saturated carbocycles. The number of fused-ring (bicyclic) bond motifs is 2. The summed E-state index contributed by atoms with van der Waals surface area (Å²) in [5, 5.41) is 8.12. The van der Waals surface area contributed by atoms with E-state index in [-0.39, 0.29) is 82.7 Å². The van der Waals surface area contributed by atoms with E-state index in [1.165, 1.54) is 84.7 Å². The quantitative estimate of drug-likeness (QED) is 0.228. The van der Waals surface area contributed by atoms with Crippen LogP contribution in [-0.4, -0.2) is 263 Å². The minimum atomic E-state index is -4.77. The van der Waals surface area contributed by atoms with Gasteiger partial charge in [-0.2, -0.15) is 13.2 Å². The average Bonchev–Trinajstić information content (AvgIpc) is 1.77. The largest absolute Gasteiger partial charge is 0.417 e. The third-order valence-electron chi connectivity index (χ3n) is 21.5. The van der Waals surface area contributed by atoms with Crippen LogP contribution < -0.4 is 16.0 Å². The molecule has 7 rings (SSSR count). The highest BCUT2D eigenvalue weighted by Crippen LogP contribution is 2.39. The molecule has 1 spiro atoms. The van der Waals surface area contributed by atoms with Crippen molar-refractivity contribution >= 4 is 82.5 Å². The van der Waals surface area contributed by atoms with Crippen LogP contribution in [0.4, 0.5) is 13.2 Å². The van der Waals surface area contributed by atoms with Crippen molar-refractivity contribution in [1.29, 1.82) is 0 Å². The maximum atomic E-state index is 15.7. The van der Waals surface area contributed by atoms with Crippen LogP contribution in [-0.2, 0) is 74.9 Å². The Hall–Kier alpha value is -7.10. The number of ether oxygens (including phenoxy) is 1. The molecule has 0 radical (unpaired) electrons. The van der Waals surface area contributed by atoms with Gasteiger partial charge in [0.2, 0.25) is 70.9 Å². The van der Waals surface area contributed by atoms with Gasteiger partial charge in [0.25, 0.3) is 0 Å². The zero-order valence-corrected chi connectivity index (χ0v) is 60.6. The summed E-state index contributed by atoms with van der Waals surface area (Å²) in [7, 11) is 8.48. The fraction of sp³-hybridized carbons (Fsp3) is 0.743. The summed E-state index contributed by atoms with van der Waals surface area (Å²) in [5.41, 5.74) is -2.37. The van der Waals surface area contributed by atoms with E-state index in [1.807, 2.05) is 27.7 Å². The van der Waals surface area contributed by atoms with E-state index in [1.54, 1.807) is 11.8 Å². The number of likely N-dealkylation sites (tertiary alicyclic amines) is 1. The molecular weight excluding hydrogens is 1310 g/mol. The van der Waals surface area contributed by atoms with Gasteiger partial charge >= 0.3 is 6.18 Å². The second-order valence-corrected chi connectivity index (χ2v) is 29.2. The van der Waals surface area contributed by atoms with Crippen molar-refractivity contribution in [2.45, 2.75) is 230 Å². The lowest BCUT2D eigenvalue weighted by molar-refractivity contribution is -0.161. The van der Waals surface area contributed by atoms with Gasteiger partial charge in [0.05, 0.1) is 30.2 Å². The fourth-order valence-corrected chi connectivity index (χ4v) is 15.2. The second-order valence-electron chi connectivity index (χ2n) is 28.8. The van der Waals surface area contributed by atoms with Crippen molar-refractivity contribution in [2.75, 3.05) is 88.2 Å². The molecule has 29 heteroatoms. The van der Waals surface area contributed by atoms with Crippen LogP contribution in [0.3, 0.4) is 0 Å². The van der Waals surface area contributed by atoms with Crippen LogP contribution >= 0.6 is 11.6 Å². The third-order valence-corrected chi connectivity index (χ3v) is 21.8. The Bertz CT molecular complexity index is 3120. The number of rotatable bonds is 13.